The van der Waals surface area contributed by atoms with Crippen molar-refractivity contribution in [2.45, 2.75) is 113 Å². The molecule has 0 radical (unpaired) electrons. The summed E-state index contributed by atoms with van der Waals surface area (Å²) in [5.41, 5.74) is -0.283. The normalized spacial score (nSPS) is 21.7. The third-order valence-electron chi connectivity index (χ3n) is 9.86. The molecule has 1 heterocycles. The van der Waals surface area contributed by atoms with Gasteiger partial charge in [0.05, 0.1) is 28.8 Å². The molecule has 13 heteroatoms. The molecule has 0 aromatic heterocycles. The Hall–Kier alpha value is -3.69. The molecular weight excluding hydrogens is 779 g/mol. The van der Waals surface area contributed by atoms with Crippen molar-refractivity contribution in [3.63, 3.8) is 0 Å². The van der Waals surface area contributed by atoms with Crippen molar-refractivity contribution in [1.29, 1.82) is 0 Å². The van der Waals surface area contributed by atoms with Crippen molar-refractivity contribution in [3.8, 4) is 0 Å². The summed E-state index contributed by atoms with van der Waals surface area (Å²) in [6, 6.07) is 24.4. The van der Waals surface area contributed by atoms with E-state index in [0.717, 1.165) is 0 Å². The molecular formula is C44H57NO9S2Si. The van der Waals surface area contributed by atoms with E-state index in [0.29, 0.717) is 5.75 Å². The van der Waals surface area contributed by atoms with Gasteiger partial charge in [-0.15, -0.1) is 29.6 Å². The lowest BCUT2D eigenvalue weighted by molar-refractivity contribution is -0.205. The summed E-state index contributed by atoms with van der Waals surface area (Å²) in [5.74, 6) is -1.83. The summed E-state index contributed by atoms with van der Waals surface area (Å²) in [6.45, 7) is 24.2. The van der Waals surface area contributed by atoms with Crippen LogP contribution in [0.4, 0.5) is 0 Å². The predicted molar refractivity (Wildman–Crippen MR) is 230 cm³/mol. The molecule has 0 bridgehead atoms. The second kappa shape index (κ2) is 20.3. The van der Waals surface area contributed by atoms with Crippen LogP contribution in [0.1, 0.15) is 79.0 Å². The molecule has 0 spiro atoms. The van der Waals surface area contributed by atoms with Crippen molar-refractivity contribution in [2.75, 3.05) is 5.75 Å². The number of hydrogen-bond acceptors (Lipinski definition) is 11. The molecule has 10 nitrogen and oxygen atoms in total. The van der Waals surface area contributed by atoms with E-state index in [9.17, 15) is 18.9 Å². The Morgan fingerprint density at radius 1 is 0.789 bits per heavy atom. The quantitative estimate of drug-likeness (QED) is 0.0461. The molecule has 4 rings (SSSR count). The van der Waals surface area contributed by atoms with Crippen LogP contribution in [0.5, 0.6) is 0 Å². The smallest absolute Gasteiger partial charge is 0.338 e. The number of carbonyl (C=O) groups excluding carboxylic acids is 3. The SMILES string of the molecule is C=CC[C@@H](N[S+]([O-])C(C)(C)C)[C@H]1O[C@H](SCC(C=C)O[Si](C)(C)C(C)(C)C)[C@H](OC(=O)c2ccccc2)[C@@H](OC(=O)c2ccccc2)[C@H]1OC(=O)c1ccccc1. The van der Waals surface area contributed by atoms with Crippen molar-refractivity contribution in [3.05, 3.63) is 133 Å². The van der Waals surface area contributed by atoms with Crippen LogP contribution in [-0.2, 0) is 34.7 Å². The van der Waals surface area contributed by atoms with E-state index >= 15 is 0 Å². The van der Waals surface area contributed by atoms with Crippen LogP contribution in [0.2, 0.25) is 18.1 Å². The van der Waals surface area contributed by atoms with Crippen molar-refractivity contribution >= 4 is 49.3 Å². The van der Waals surface area contributed by atoms with E-state index in [4.69, 9.17) is 23.4 Å². The van der Waals surface area contributed by atoms with E-state index in [-0.39, 0.29) is 28.1 Å². The largest absolute Gasteiger partial charge is 0.598 e. The van der Waals surface area contributed by atoms with E-state index in [2.05, 4.69) is 51.7 Å². The first-order chi connectivity index (χ1) is 26.9. The minimum atomic E-state index is -2.27. The summed E-state index contributed by atoms with van der Waals surface area (Å²) in [7, 11) is -2.27. The molecule has 3 aromatic rings. The van der Waals surface area contributed by atoms with Crippen molar-refractivity contribution in [1.82, 2.24) is 4.72 Å². The number of carbonyl (C=O) groups is 3. The second-order valence-corrected chi connectivity index (χ2v) is 24.2. The molecule has 0 amide bonds. The van der Waals surface area contributed by atoms with Crippen LogP contribution in [0.25, 0.3) is 0 Å². The number of esters is 3. The zero-order chi connectivity index (χ0) is 42.0. The Kier molecular flexibility index (Phi) is 16.4. The average Bonchev–Trinajstić information content (AvgIpc) is 3.17. The van der Waals surface area contributed by atoms with Crippen LogP contribution in [-0.4, -0.2) is 83.3 Å². The third kappa shape index (κ3) is 12.6. The fraction of sp³-hybridized carbons (Fsp3) is 0.432. The Morgan fingerprint density at radius 3 is 1.63 bits per heavy atom. The van der Waals surface area contributed by atoms with Gasteiger partial charge in [-0.3, -0.25) is 0 Å². The Morgan fingerprint density at radius 2 is 1.23 bits per heavy atom. The van der Waals surface area contributed by atoms with Crippen LogP contribution in [0.15, 0.2) is 116 Å². The van der Waals surface area contributed by atoms with Crippen LogP contribution in [0.3, 0.4) is 0 Å². The molecule has 1 saturated heterocycles. The first kappa shape index (κ1) is 46.0. The van der Waals surface area contributed by atoms with E-state index < -0.39 is 84.3 Å². The number of nitrogens with one attached hydrogen (secondary N) is 1. The fourth-order valence-corrected chi connectivity index (χ4v) is 9.08. The van der Waals surface area contributed by atoms with E-state index in [1.165, 1.54) is 11.8 Å². The molecule has 308 valence electrons. The van der Waals surface area contributed by atoms with E-state index in [1.807, 2.05) is 20.8 Å². The number of hydrogen-bond donors (Lipinski definition) is 1. The molecule has 3 aromatic carbocycles. The van der Waals surface area contributed by atoms with Gasteiger partial charge in [-0.05, 0) is 81.7 Å². The first-order valence-corrected chi connectivity index (χ1v) is 24.1. The highest BCUT2D eigenvalue weighted by Crippen LogP contribution is 2.40. The molecule has 0 aliphatic carbocycles. The van der Waals surface area contributed by atoms with Gasteiger partial charge in [-0.1, -0.05) is 87.5 Å². The van der Waals surface area contributed by atoms with Gasteiger partial charge in [0, 0.05) is 17.1 Å². The molecule has 57 heavy (non-hydrogen) atoms. The standard InChI is InChI=1S/C44H57NO9S2Si/c1-11-22-34(45-56(49)43(3,4)5)35-36(50-39(46)30-23-16-13-17-24-30)37(51-40(47)31-25-18-14-19-26-31)38(52-41(48)32-27-20-15-21-28-32)42(53-35)55-29-33(12-2)54-57(9,10)44(6,7)8/h11-21,23-28,33-38,42,45H,1-2,22,29H2,3-10H3/t33?,34-,35-,36+,37+,38-,42-,56?/m1/s1. The van der Waals surface area contributed by atoms with Gasteiger partial charge >= 0.3 is 17.9 Å². The maximum absolute atomic E-state index is 14.0. The minimum absolute atomic E-state index is 0.0853. The van der Waals surface area contributed by atoms with Gasteiger partial charge in [-0.2, -0.15) is 0 Å². The first-order valence-electron chi connectivity index (χ1n) is 19.0. The maximum atomic E-state index is 14.0. The number of rotatable bonds is 17. The van der Waals surface area contributed by atoms with Gasteiger partial charge in [0.2, 0.25) is 0 Å². The lowest BCUT2D eigenvalue weighted by atomic mass is 9.92. The summed E-state index contributed by atoms with van der Waals surface area (Å²) < 4.78 is 48.8. The number of ether oxygens (including phenoxy) is 4. The molecule has 1 aliphatic rings. The Balaban J connectivity index is 1.89. The van der Waals surface area contributed by atoms with Crippen molar-refractivity contribution < 1.29 is 42.3 Å². The highest BCUT2D eigenvalue weighted by molar-refractivity contribution is 7.99. The van der Waals surface area contributed by atoms with Crippen LogP contribution >= 0.6 is 11.8 Å². The minimum Gasteiger partial charge on any atom is -0.598 e. The monoisotopic (exact) mass is 835 g/mol. The summed E-state index contributed by atoms with van der Waals surface area (Å²) in [6.07, 6.45) is -1.99. The topological polar surface area (TPSA) is 132 Å². The molecule has 1 aliphatic heterocycles. The fourth-order valence-electron chi connectivity index (χ4n) is 5.62. The maximum Gasteiger partial charge on any atom is 0.338 e. The highest BCUT2D eigenvalue weighted by Gasteiger charge is 2.55. The van der Waals surface area contributed by atoms with Gasteiger partial charge < -0.3 is 27.9 Å². The van der Waals surface area contributed by atoms with Gasteiger partial charge in [0.25, 0.3) is 0 Å². The van der Waals surface area contributed by atoms with E-state index in [1.54, 1.807) is 103 Å². The molecule has 1 N–H and O–H groups in total. The van der Waals surface area contributed by atoms with Crippen LogP contribution in [0, 0.1) is 0 Å². The zero-order valence-electron chi connectivity index (χ0n) is 34.2. The average molecular weight is 836 g/mol. The number of benzene rings is 3. The molecule has 2 unspecified atom stereocenters. The van der Waals surface area contributed by atoms with Gasteiger partial charge in [-0.25, -0.2) is 14.4 Å². The Bertz CT molecular complexity index is 1780. The summed E-state index contributed by atoms with van der Waals surface area (Å²) >= 11 is -0.320. The zero-order valence-corrected chi connectivity index (χ0v) is 36.8. The summed E-state index contributed by atoms with van der Waals surface area (Å²) in [5, 5.41) is -0.0853. The van der Waals surface area contributed by atoms with Crippen molar-refractivity contribution in [2.24, 2.45) is 0 Å². The van der Waals surface area contributed by atoms with Crippen LogP contribution < -0.4 is 4.72 Å². The molecule has 1 fully saturated rings. The lowest BCUT2D eigenvalue weighted by Gasteiger charge is -2.47. The Labute approximate surface area is 346 Å². The second-order valence-electron chi connectivity index (χ2n) is 16.3. The molecule has 8 atom stereocenters. The predicted octanol–water partition coefficient (Wildman–Crippen LogP) is 8.69. The lowest BCUT2D eigenvalue weighted by Crippen LogP contribution is -2.66. The molecule has 0 saturated carbocycles. The van der Waals surface area contributed by atoms with Gasteiger partial charge in [0.1, 0.15) is 16.3 Å². The number of thioether (sulfide) groups is 1. The summed E-state index contributed by atoms with van der Waals surface area (Å²) in [4.78, 5) is 41.9. The van der Waals surface area contributed by atoms with Gasteiger partial charge in [0.15, 0.2) is 26.6 Å². The highest BCUT2D eigenvalue weighted by atomic mass is 32.2. The third-order valence-corrected chi connectivity index (χ3v) is 17.2.